The van der Waals surface area contributed by atoms with E-state index in [2.05, 4.69) is 0 Å². The van der Waals surface area contributed by atoms with Crippen molar-refractivity contribution in [1.29, 1.82) is 0 Å². The van der Waals surface area contributed by atoms with Gasteiger partial charge in [0.05, 0.1) is 62.4 Å². The van der Waals surface area contributed by atoms with Crippen LogP contribution in [0.15, 0.2) is 12.2 Å². The number of carbonyl (C=O) groups excluding carboxylic acids is 1. The van der Waals surface area contributed by atoms with Crippen LogP contribution in [-0.2, 0) is 47.4 Å². The van der Waals surface area contributed by atoms with Crippen LogP contribution >= 0.6 is 0 Å². The molecule has 0 spiro atoms. The fraction of sp³-hybridized carbons (Fsp3) is 0.938. The number of aliphatic hydroxyl groups excluding tert-OH is 17. The van der Waals surface area contributed by atoms with Gasteiger partial charge in [-0.2, -0.15) is 0 Å². The minimum absolute atomic E-state index is 0.0122. The number of carbonyl (C=O) groups is 1. The van der Waals surface area contributed by atoms with Gasteiger partial charge in [-0.05, 0) is 57.8 Å². The lowest BCUT2D eigenvalue weighted by molar-refractivity contribution is -0.381. The standard InChI is InChI=1S/C48H78O28/c1-16-42(75-30(55)7-4-17-2-5-20(6-3-17)68-46-38(63)34(59)32(57)27(13-49)72-46)36(61)40(65)45(67-16)76-44-29(15-51)74-48(41(66)37(44)62)71-26-12-21-24(69-43(26)18-8-22(53)31(56)23(54)9-18)10-19(52)11-25(21)70-47-39(64)35(60)33(58)28(14-50)73-47/h4,7,16-29,31-54,56-66H,2-3,5-6,8-15H2,1H3/p+1/t16-,17?,18?,19?,20?,21?,22?,23?,24?,25?,26?,27-,28-,29-,31?,32-,33-,34-,35+,36-,37-,38+,39-,40-,41-,42-,43?,44+,45+,46+,47-,48-/m0/s1. The van der Waals surface area contributed by atoms with E-state index in [4.69, 9.17) is 47.4 Å². The predicted molar refractivity (Wildman–Crippen MR) is 246 cm³/mol. The molecule has 0 bridgehead atoms. The molecular formula is C48H79O28+. The number of esters is 1. The normalized spacial score (nSPS) is 52.5. The summed E-state index contributed by atoms with van der Waals surface area (Å²) in [5, 5.41) is 180. The van der Waals surface area contributed by atoms with Crippen LogP contribution in [0.25, 0.3) is 0 Å². The smallest absolute Gasteiger partial charge is 0.330 e. The van der Waals surface area contributed by atoms with Crippen molar-refractivity contribution in [3.05, 3.63) is 12.2 Å². The summed E-state index contributed by atoms with van der Waals surface area (Å²) in [7, 11) is 0. The lowest BCUT2D eigenvalue weighted by Gasteiger charge is -2.50. The fourth-order valence-corrected chi connectivity index (χ4v) is 12.2. The highest BCUT2D eigenvalue weighted by Gasteiger charge is 2.58. The molecule has 0 aromatic carbocycles. The molecule has 8 fully saturated rings. The first-order chi connectivity index (χ1) is 36.1. The van der Waals surface area contributed by atoms with Gasteiger partial charge >= 0.3 is 5.97 Å². The minimum Gasteiger partial charge on any atom is -0.454 e. The Kier molecular flexibility index (Phi) is 20.6. The number of hydrogen-bond acceptors (Lipinski definition) is 27. The SMILES string of the molecule is C[C@@H]1O[C@H](O[C@H]2[C@@H](O)[C@H](O)[C@@H](OC3CC4C(O[C@H]5O[C@@H](CO)[C@H](O)[C@@H](O)[C@@H]5O)CC(O)CC4[OH+]C3C3CC(O)C(O)C(O)C3)O[C@H]2CO)[C@@H](O)[C@H](O)[C@H]1OC(=O)C=CC1CCC(O[C@@H]2O[C@@H](CO)[C@H](O)[C@H](O)[C@H]2O)CC1. The molecule has 28 nitrogen and oxygen atoms in total. The summed E-state index contributed by atoms with van der Waals surface area (Å²) in [6.45, 7) is -0.752. The molecule has 8 aliphatic rings. The molecule has 0 amide bonds. The molecule has 5 aliphatic heterocycles. The van der Waals surface area contributed by atoms with Crippen molar-refractivity contribution in [2.75, 3.05) is 19.8 Å². The highest BCUT2D eigenvalue weighted by molar-refractivity contribution is 5.82. The number of allylic oxidation sites excluding steroid dienone is 1. The van der Waals surface area contributed by atoms with Gasteiger partial charge in [-0.3, -0.25) is 0 Å². The topological polar surface area (TPSA) is 457 Å². The van der Waals surface area contributed by atoms with Crippen molar-refractivity contribution >= 4 is 5.97 Å². The second-order valence-corrected chi connectivity index (χ2v) is 21.8. The largest absolute Gasteiger partial charge is 0.454 e. The molecule has 0 aromatic rings. The monoisotopic (exact) mass is 1100 g/mol. The van der Waals surface area contributed by atoms with Crippen molar-refractivity contribution in [2.24, 2.45) is 17.8 Å². The van der Waals surface area contributed by atoms with Gasteiger partial charge in [0.1, 0.15) is 97.7 Å². The van der Waals surface area contributed by atoms with Gasteiger partial charge in [0.2, 0.25) is 0 Å². The number of ether oxygens (including phenoxy) is 10. The van der Waals surface area contributed by atoms with E-state index >= 15 is 0 Å². The number of hydrogen-bond donors (Lipinski definition) is 17. The van der Waals surface area contributed by atoms with Crippen LogP contribution in [0.2, 0.25) is 0 Å². The van der Waals surface area contributed by atoms with Gasteiger partial charge in [0.25, 0.3) is 0 Å². The second-order valence-electron chi connectivity index (χ2n) is 21.8. The van der Waals surface area contributed by atoms with Crippen molar-refractivity contribution in [3.63, 3.8) is 0 Å². The van der Waals surface area contributed by atoms with Crippen LogP contribution in [-0.4, -0.2) is 295 Å². The van der Waals surface area contributed by atoms with Gasteiger partial charge in [0.15, 0.2) is 43.5 Å². The molecule has 3 saturated carbocycles. The molecule has 8 rings (SSSR count). The molecule has 0 radical (unpaired) electrons. The molecule has 18 N–H and O–H groups in total. The zero-order valence-corrected chi connectivity index (χ0v) is 41.7. The van der Waals surface area contributed by atoms with Gasteiger partial charge in [-0.1, -0.05) is 6.08 Å². The third kappa shape index (κ3) is 13.1. The molecule has 0 aromatic heterocycles. The molecule has 5 heterocycles. The molecular weight excluding hydrogens is 1020 g/mol. The maximum atomic E-state index is 13.0. The lowest BCUT2D eigenvalue weighted by atomic mass is 9.72. The molecule has 438 valence electrons. The second kappa shape index (κ2) is 26.0. The molecule has 8 unspecified atom stereocenters. The highest BCUT2D eigenvalue weighted by Crippen LogP contribution is 2.44. The Hall–Kier alpha value is -1.83. The molecule has 3 aliphatic carbocycles. The summed E-state index contributed by atoms with van der Waals surface area (Å²) in [5.74, 6) is -2.27. The summed E-state index contributed by atoms with van der Waals surface area (Å²) in [6.07, 6.45) is -36.2. The maximum absolute atomic E-state index is 13.0. The van der Waals surface area contributed by atoms with E-state index in [1.807, 2.05) is 0 Å². The molecule has 28 heteroatoms. The van der Waals surface area contributed by atoms with E-state index in [9.17, 15) is 91.6 Å². The lowest BCUT2D eigenvalue weighted by Crippen LogP contribution is -2.66. The van der Waals surface area contributed by atoms with Crippen molar-refractivity contribution < 1.29 is 139 Å². The Bertz CT molecular complexity index is 1850. The summed E-state index contributed by atoms with van der Waals surface area (Å²) in [4.78, 5) is 13.0. The number of rotatable bonds is 15. The van der Waals surface area contributed by atoms with E-state index in [1.54, 1.807) is 6.08 Å². The van der Waals surface area contributed by atoms with Crippen molar-refractivity contribution in [1.82, 2.24) is 0 Å². The average molecular weight is 1100 g/mol. The first-order valence-electron chi connectivity index (χ1n) is 26.3. The Morgan fingerprint density at radius 3 is 1.58 bits per heavy atom. The zero-order chi connectivity index (χ0) is 55.0. The van der Waals surface area contributed by atoms with Crippen LogP contribution < -0.4 is 0 Å². The summed E-state index contributed by atoms with van der Waals surface area (Å²) in [6, 6.07) is 0. The Labute approximate surface area is 436 Å². The quantitative estimate of drug-likeness (QED) is 0.0411. The Morgan fingerprint density at radius 1 is 0.513 bits per heavy atom. The highest BCUT2D eigenvalue weighted by atomic mass is 16.8. The Morgan fingerprint density at radius 2 is 1.01 bits per heavy atom. The van der Waals surface area contributed by atoms with E-state index < -0.39 is 215 Å². The summed E-state index contributed by atoms with van der Waals surface area (Å²) in [5.41, 5.74) is 0. The van der Waals surface area contributed by atoms with Crippen LogP contribution in [0.4, 0.5) is 0 Å². The van der Waals surface area contributed by atoms with Crippen LogP contribution in [0.5, 0.6) is 0 Å². The predicted octanol–water partition coefficient (Wildman–Crippen LogP) is -8.38. The van der Waals surface area contributed by atoms with Crippen LogP contribution in [0.1, 0.15) is 64.7 Å². The van der Waals surface area contributed by atoms with Gasteiger partial charge in [-0.25, -0.2) is 4.79 Å². The average Bonchev–Trinajstić information content (AvgIpc) is 3.40. The molecule has 28 atom stereocenters. The van der Waals surface area contributed by atoms with E-state index in [1.165, 1.54) is 13.0 Å². The van der Waals surface area contributed by atoms with Crippen LogP contribution in [0.3, 0.4) is 0 Å². The Balaban J connectivity index is 0.875. The van der Waals surface area contributed by atoms with Crippen LogP contribution in [0, 0.1) is 17.8 Å². The number of fused-ring (bicyclic) bond motifs is 1. The van der Waals surface area contributed by atoms with E-state index in [0.29, 0.717) is 25.7 Å². The van der Waals surface area contributed by atoms with E-state index in [0.717, 1.165) is 0 Å². The third-order valence-electron chi connectivity index (χ3n) is 16.6. The summed E-state index contributed by atoms with van der Waals surface area (Å²) < 4.78 is 57.7. The maximum Gasteiger partial charge on any atom is 0.330 e. The minimum atomic E-state index is -1.95. The molecule has 76 heavy (non-hydrogen) atoms. The fourth-order valence-electron chi connectivity index (χ4n) is 12.2. The van der Waals surface area contributed by atoms with Gasteiger partial charge in [0, 0.05) is 24.8 Å². The van der Waals surface area contributed by atoms with E-state index in [-0.39, 0.29) is 38.0 Å². The third-order valence-corrected chi connectivity index (χ3v) is 16.6. The first-order valence-corrected chi connectivity index (χ1v) is 26.3. The van der Waals surface area contributed by atoms with Crippen molar-refractivity contribution in [2.45, 2.75) is 242 Å². The van der Waals surface area contributed by atoms with Crippen molar-refractivity contribution in [3.8, 4) is 0 Å². The number of aliphatic hydroxyl groups is 19. The zero-order valence-electron chi connectivity index (χ0n) is 41.7. The van der Waals surface area contributed by atoms with Gasteiger partial charge < -0.3 is 134 Å². The summed E-state index contributed by atoms with van der Waals surface area (Å²) >= 11 is 0. The first kappa shape index (κ1) is 60.3. The molecule has 5 saturated heterocycles. The van der Waals surface area contributed by atoms with Gasteiger partial charge in [-0.15, -0.1) is 0 Å².